The zero-order valence-electron chi connectivity index (χ0n) is 9.98. The van der Waals surface area contributed by atoms with Crippen LogP contribution in [0.1, 0.15) is 26.1 Å². The van der Waals surface area contributed by atoms with E-state index in [1.807, 2.05) is 12.4 Å². The van der Waals surface area contributed by atoms with Gasteiger partial charge in [0.2, 0.25) is 0 Å². The highest BCUT2D eigenvalue weighted by atomic mass is 15.2. The van der Waals surface area contributed by atoms with Crippen molar-refractivity contribution < 1.29 is 0 Å². The molecule has 15 heavy (non-hydrogen) atoms. The topological polar surface area (TPSA) is 21.1 Å². The first-order valence-corrected chi connectivity index (χ1v) is 5.83. The molecule has 0 saturated carbocycles. The average Bonchev–Trinajstić information content (AvgIpc) is 2.50. The van der Waals surface area contributed by atoms with Gasteiger partial charge in [-0.1, -0.05) is 13.8 Å². The van der Waals surface area contributed by atoms with E-state index in [2.05, 4.69) is 35.3 Å². The van der Waals surface area contributed by atoms with Gasteiger partial charge in [0.1, 0.15) is 5.82 Å². The van der Waals surface area contributed by atoms with E-state index >= 15 is 0 Å². The third-order valence-electron chi connectivity index (χ3n) is 3.23. The Kier molecular flexibility index (Phi) is 3.10. The summed E-state index contributed by atoms with van der Waals surface area (Å²) in [6, 6.07) is 0. The maximum atomic E-state index is 4.38. The standard InChI is InChI=1S/C12H21N3/c1-10-6-11(2)8-15(7-10)9-12-13-4-5-14(12)3/h4-5,10-11H,6-9H2,1-3H3. The van der Waals surface area contributed by atoms with Gasteiger partial charge in [-0.25, -0.2) is 4.98 Å². The van der Waals surface area contributed by atoms with E-state index in [0.717, 1.165) is 18.4 Å². The van der Waals surface area contributed by atoms with Gasteiger partial charge in [0, 0.05) is 32.5 Å². The number of piperidine rings is 1. The Labute approximate surface area is 92.1 Å². The highest BCUT2D eigenvalue weighted by Crippen LogP contribution is 2.21. The Balaban J connectivity index is 1.97. The lowest BCUT2D eigenvalue weighted by molar-refractivity contribution is 0.130. The molecule has 84 valence electrons. The van der Waals surface area contributed by atoms with Gasteiger partial charge in [0.25, 0.3) is 0 Å². The van der Waals surface area contributed by atoms with Crippen molar-refractivity contribution in [1.29, 1.82) is 0 Å². The van der Waals surface area contributed by atoms with E-state index in [1.165, 1.54) is 25.3 Å². The van der Waals surface area contributed by atoms with Crippen molar-refractivity contribution in [2.24, 2.45) is 18.9 Å². The number of hydrogen-bond acceptors (Lipinski definition) is 2. The monoisotopic (exact) mass is 207 g/mol. The normalized spacial score (nSPS) is 28.2. The highest BCUT2D eigenvalue weighted by molar-refractivity contribution is 4.92. The summed E-state index contributed by atoms with van der Waals surface area (Å²) in [6.45, 7) is 8.13. The Hall–Kier alpha value is -0.830. The first-order chi connectivity index (χ1) is 7.15. The lowest BCUT2D eigenvalue weighted by Crippen LogP contribution is -2.38. The molecule has 1 aromatic heterocycles. The molecule has 2 heterocycles. The third kappa shape index (κ3) is 2.59. The van der Waals surface area contributed by atoms with Crippen molar-refractivity contribution in [1.82, 2.24) is 14.5 Å². The second kappa shape index (κ2) is 4.35. The van der Waals surface area contributed by atoms with Crippen molar-refractivity contribution >= 4 is 0 Å². The number of likely N-dealkylation sites (tertiary alicyclic amines) is 1. The summed E-state index contributed by atoms with van der Waals surface area (Å²) in [5, 5.41) is 0. The van der Waals surface area contributed by atoms with Gasteiger partial charge < -0.3 is 4.57 Å². The summed E-state index contributed by atoms with van der Waals surface area (Å²) in [5.74, 6) is 2.83. The van der Waals surface area contributed by atoms with Crippen LogP contribution in [-0.2, 0) is 13.6 Å². The summed E-state index contributed by atoms with van der Waals surface area (Å²) in [7, 11) is 2.07. The van der Waals surface area contributed by atoms with E-state index in [4.69, 9.17) is 0 Å². The van der Waals surface area contributed by atoms with Crippen LogP contribution in [0.2, 0.25) is 0 Å². The van der Waals surface area contributed by atoms with Gasteiger partial charge in [0.05, 0.1) is 6.54 Å². The van der Waals surface area contributed by atoms with E-state index < -0.39 is 0 Å². The molecule has 1 aliphatic rings. The molecule has 1 fully saturated rings. The van der Waals surface area contributed by atoms with Crippen LogP contribution in [0.15, 0.2) is 12.4 Å². The van der Waals surface area contributed by atoms with E-state index in [0.29, 0.717) is 0 Å². The maximum absolute atomic E-state index is 4.38. The Morgan fingerprint density at radius 3 is 2.53 bits per heavy atom. The number of aryl methyl sites for hydroxylation is 1. The minimum atomic E-state index is 0.828. The molecule has 3 nitrogen and oxygen atoms in total. The first-order valence-electron chi connectivity index (χ1n) is 5.83. The van der Waals surface area contributed by atoms with Crippen molar-refractivity contribution in [3.05, 3.63) is 18.2 Å². The molecule has 0 spiro atoms. The average molecular weight is 207 g/mol. The second-order valence-corrected chi connectivity index (χ2v) is 5.09. The second-order valence-electron chi connectivity index (χ2n) is 5.09. The van der Waals surface area contributed by atoms with Crippen LogP contribution in [0.3, 0.4) is 0 Å². The van der Waals surface area contributed by atoms with Crippen molar-refractivity contribution in [3.8, 4) is 0 Å². The Morgan fingerprint density at radius 1 is 1.33 bits per heavy atom. The number of imidazole rings is 1. The summed E-state index contributed by atoms with van der Waals surface area (Å²) in [6.07, 6.45) is 5.27. The number of nitrogens with zero attached hydrogens (tertiary/aromatic N) is 3. The Bertz CT molecular complexity index is 308. The molecule has 0 aromatic carbocycles. The fourth-order valence-corrected chi connectivity index (χ4v) is 2.67. The van der Waals surface area contributed by atoms with Crippen LogP contribution in [0.25, 0.3) is 0 Å². The Morgan fingerprint density at radius 2 is 2.00 bits per heavy atom. The van der Waals surface area contributed by atoms with Crippen molar-refractivity contribution in [3.63, 3.8) is 0 Å². The molecule has 0 N–H and O–H groups in total. The quantitative estimate of drug-likeness (QED) is 0.738. The van der Waals surface area contributed by atoms with Crippen LogP contribution in [-0.4, -0.2) is 27.5 Å². The minimum absolute atomic E-state index is 0.828. The fourth-order valence-electron chi connectivity index (χ4n) is 2.67. The molecule has 1 aliphatic heterocycles. The minimum Gasteiger partial charge on any atom is -0.337 e. The largest absolute Gasteiger partial charge is 0.337 e. The third-order valence-corrected chi connectivity index (χ3v) is 3.23. The van der Waals surface area contributed by atoms with Crippen LogP contribution < -0.4 is 0 Å². The summed E-state index contributed by atoms with van der Waals surface area (Å²) < 4.78 is 2.12. The summed E-state index contributed by atoms with van der Waals surface area (Å²) in [5.41, 5.74) is 0. The molecule has 2 atom stereocenters. The smallest absolute Gasteiger partial charge is 0.122 e. The van der Waals surface area contributed by atoms with Gasteiger partial charge >= 0.3 is 0 Å². The zero-order chi connectivity index (χ0) is 10.8. The fraction of sp³-hybridized carbons (Fsp3) is 0.750. The van der Waals surface area contributed by atoms with Gasteiger partial charge in [-0.3, -0.25) is 4.90 Å². The van der Waals surface area contributed by atoms with Crippen molar-refractivity contribution in [2.45, 2.75) is 26.8 Å². The predicted octanol–water partition coefficient (Wildman–Crippen LogP) is 1.90. The van der Waals surface area contributed by atoms with Gasteiger partial charge in [-0.2, -0.15) is 0 Å². The SMILES string of the molecule is CC1CC(C)CN(Cc2nccn2C)C1. The molecular weight excluding hydrogens is 186 g/mol. The van der Waals surface area contributed by atoms with Gasteiger partial charge in [-0.05, 0) is 18.3 Å². The van der Waals surface area contributed by atoms with Crippen LogP contribution in [0.4, 0.5) is 0 Å². The molecule has 0 bridgehead atoms. The molecule has 1 aromatic rings. The lowest BCUT2D eigenvalue weighted by Gasteiger charge is -2.34. The highest BCUT2D eigenvalue weighted by Gasteiger charge is 2.22. The zero-order valence-corrected chi connectivity index (χ0v) is 9.98. The van der Waals surface area contributed by atoms with Crippen molar-refractivity contribution in [2.75, 3.05) is 13.1 Å². The van der Waals surface area contributed by atoms with Crippen LogP contribution in [0, 0.1) is 11.8 Å². The lowest BCUT2D eigenvalue weighted by atomic mass is 9.92. The molecule has 0 aliphatic carbocycles. The molecule has 0 amide bonds. The van der Waals surface area contributed by atoms with E-state index in [9.17, 15) is 0 Å². The van der Waals surface area contributed by atoms with E-state index in [-0.39, 0.29) is 0 Å². The van der Waals surface area contributed by atoms with E-state index in [1.54, 1.807) is 0 Å². The number of rotatable bonds is 2. The first kappa shape index (κ1) is 10.7. The number of aromatic nitrogens is 2. The van der Waals surface area contributed by atoms with Gasteiger partial charge in [0.15, 0.2) is 0 Å². The molecule has 2 unspecified atom stereocenters. The van der Waals surface area contributed by atoms with Crippen LogP contribution in [0.5, 0.6) is 0 Å². The maximum Gasteiger partial charge on any atom is 0.122 e. The predicted molar refractivity (Wildman–Crippen MR) is 61.4 cm³/mol. The molecule has 2 rings (SSSR count). The summed E-state index contributed by atoms with van der Waals surface area (Å²) in [4.78, 5) is 6.91. The molecule has 0 radical (unpaired) electrons. The van der Waals surface area contributed by atoms with Crippen LogP contribution >= 0.6 is 0 Å². The van der Waals surface area contributed by atoms with Gasteiger partial charge in [-0.15, -0.1) is 0 Å². The summed E-state index contributed by atoms with van der Waals surface area (Å²) >= 11 is 0. The number of hydrogen-bond donors (Lipinski definition) is 0. The molecule has 1 saturated heterocycles. The molecular formula is C12H21N3. The molecule has 3 heteroatoms.